The number of hydrogen-bond acceptors (Lipinski definition) is 2. The summed E-state index contributed by atoms with van der Waals surface area (Å²) in [5.41, 5.74) is 3.01. The minimum absolute atomic E-state index is 0.0217. The van der Waals surface area contributed by atoms with Gasteiger partial charge in [-0.1, -0.05) is 32.1 Å². The highest BCUT2D eigenvalue weighted by Gasteiger charge is 2.19. The third kappa shape index (κ3) is 4.20. The number of fused-ring (bicyclic) bond motifs is 1. The van der Waals surface area contributed by atoms with Gasteiger partial charge in [-0.15, -0.1) is 0 Å². The average molecular weight is 301 g/mol. The van der Waals surface area contributed by atoms with Gasteiger partial charge >= 0.3 is 5.97 Å². The molecule has 0 atom stereocenters. The van der Waals surface area contributed by atoms with Gasteiger partial charge in [-0.25, -0.2) is 0 Å². The van der Waals surface area contributed by atoms with Crippen LogP contribution in [0.4, 0.5) is 0 Å². The van der Waals surface area contributed by atoms with Gasteiger partial charge in [-0.2, -0.15) is 0 Å². The Kier molecular flexibility index (Phi) is 5.36. The molecule has 0 radical (unpaired) electrons. The SMILES string of the molecule is CC(C)CN(CCC(=O)O)C(=O)c1ccc2c(c1)CCC=C2. The lowest BCUT2D eigenvalue weighted by Gasteiger charge is -2.24. The van der Waals surface area contributed by atoms with Crippen molar-refractivity contribution in [2.24, 2.45) is 5.92 Å². The van der Waals surface area contributed by atoms with Crippen molar-refractivity contribution in [3.8, 4) is 0 Å². The molecule has 0 unspecified atom stereocenters. The molecule has 0 saturated heterocycles. The molecule has 0 heterocycles. The number of allylic oxidation sites excluding steroid dienone is 1. The third-order valence-corrected chi connectivity index (χ3v) is 3.74. The maximum Gasteiger partial charge on any atom is 0.305 e. The fourth-order valence-electron chi connectivity index (χ4n) is 2.70. The number of aryl methyl sites for hydroxylation is 1. The van der Waals surface area contributed by atoms with Crippen molar-refractivity contribution in [3.05, 3.63) is 41.0 Å². The van der Waals surface area contributed by atoms with E-state index in [9.17, 15) is 9.59 Å². The maximum atomic E-state index is 12.7. The van der Waals surface area contributed by atoms with E-state index in [1.54, 1.807) is 4.90 Å². The lowest BCUT2D eigenvalue weighted by molar-refractivity contribution is -0.137. The summed E-state index contributed by atoms with van der Waals surface area (Å²) < 4.78 is 0. The van der Waals surface area contributed by atoms with Crippen LogP contribution in [0.1, 0.15) is 48.2 Å². The Bertz CT molecular complexity index is 590. The molecular formula is C18H23NO3. The Morgan fingerprint density at radius 1 is 1.32 bits per heavy atom. The second-order valence-corrected chi connectivity index (χ2v) is 6.14. The summed E-state index contributed by atoms with van der Waals surface area (Å²) in [6.07, 6.45) is 6.16. The van der Waals surface area contributed by atoms with Crippen LogP contribution in [-0.4, -0.2) is 35.0 Å². The molecule has 0 aliphatic heterocycles. The Morgan fingerprint density at radius 3 is 2.77 bits per heavy atom. The molecule has 1 aliphatic carbocycles. The van der Waals surface area contributed by atoms with E-state index >= 15 is 0 Å². The largest absolute Gasteiger partial charge is 0.481 e. The number of nitrogens with zero attached hydrogens (tertiary/aromatic N) is 1. The molecule has 2 rings (SSSR count). The highest BCUT2D eigenvalue weighted by Crippen LogP contribution is 2.21. The van der Waals surface area contributed by atoms with Crippen molar-refractivity contribution in [1.29, 1.82) is 0 Å². The van der Waals surface area contributed by atoms with Crippen LogP contribution in [0.3, 0.4) is 0 Å². The predicted octanol–water partition coefficient (Wildman–Crippen LogP) is 3.22. The zero-order valence-corrected chi connectivity index (χ0v) is 13.2. The van der Waals surface area contributed by atoms with E-state index in [0.717, 1.165) is 12.8 Å². The van der Waals surface area contributed by atoms with E-state index in [1.807, 2.05) is 32.0 Å². The first-order chi connectivity index (χ1) is 10.5. The lowest BCUT2D eigenvalue weighted by Crippen LogP contribution is -2.36. The lowest BCUT2D eigenvalue weighted by atomic mass is 9.95. The van der Waals surface area contributed by atoms with Gasteiger partial charge in [0.05, 0.1) is 6.42 Å². The molecule has 1 aromatic rings. The fourth-order valence-corrected chi connectivity index (χ4v) is 2.70. The number of aliphatic carboxylic acids is 1. The van der Waals surface area contributed by atoms with Gasteiger partial charge in [0.15, 0.2) is 0 Å². The first kappa shape index (κ1) is 16.3. The minimum atomic E-state index is -0.878. The monoisotopic (exact) mass is 301 g/mol. The van der Waals surface area contributed by atoms with Crippen LogP contribution >= 0.6 is 0 Å². The summed E-state index contributed by atoms with van der Waals surface area (Å²) in [5, 5.41) is 8.86. The maximum absolute atomic E-state index is 12.7. The molecule has 118 valence electrons. The molecule has 0 bridgehead atoms. The number of rotatable bonds is 6. The van der Waals surface area contributed by atoms with Crippen LogP contribution in [0.15, 0.2) is 24.3 Å². The van der Waals surface area contributed by atoms with E-state index < -0.39 is 5.97 Å². The molecule has 0 saturated carbocycles. The van der Waals surface area contributed by atoms with E-state index in [2.05, 4.69) is 12.2 Å². The van der Waals surface area contributed by atoms with E-state index in [4.69, 9.17) is 5.11 Å². The molecule has 1 N–H and O–H groups in total. The normalized spacial score (nSPS) is 13.0. The Morgan fingerprint density at radius 2 is 2.09 bits per heavy atom. The Hall–Kier alpha value is -2.10. The topological polar surface area (TPSA) is 57.6 Å². The number of carboxylic acid groups (broad SMARTS) is 1. The van der Waals surface area contributed by atoms with Gasteiger partial charge in [-0.3, -0.25) is 9.59 Å². The molecular weight excluding hydrogens is 278 g/mol. The van der Waals surface area contributed by atoms with Crippen molar-refractivity contribution in [2.45, 2.75) is 33.1 Å². The van der Waals surface area contributed by atoms with Crippen LogP contribution < -0.4 is 0 Å². The summed E-state index contributed by atoms with van der Waals surface area (Å²) in [6.45, 7) is 4.88. The number of carbonyl (C=O) groups excluding carboxylic acids is 1. The zero-order chi connectivity index (χ0) is 16.1. The highest BCUT2D eigenvalue weighted by molar-refractivity contribution is 5.95. The number of benzene rings is 1. The second-order valence-electron chi connectivity index (χ2n) is 6.14. The summed E-state index contributed by atoms with van der Waals surface area (Å²) in [5.74, 6) is -0.650. The molecule has 1 aliphatic rings. The molecule has 0 spiro atoms. The number of carboxylic acids is 1. The van der Waals surface area contributed by atoms with Crippen LogP contribution in [-0.2, 0) is 11.2 Å². The van der Waals surface area contributed by atoms with Gasteiger partial charge < -0.3 is 10.0 Å². The van der Waals surface area contributed by atoms with Crippen molar-refractivity contribution in [3.63, 3.8) is 0 Å². The molecule has 1 amide bonds. The fraction of sp³-hybridized carbons (Fsp3) is 0.444. The van der Waals surface area contributed by atoms with Gasteiger partial charge in [-0.05, 0) is 42.0 Å². The minimum Gasteiger partial charge on any atom is -0.481 e. The quantitative estimate of drug-likeness (QED) is 0.877. The first-order valence-corrected chi connectivity index (χ1v) is 7.78. The molecule has 4 heteroatoms. The third-order valence-electron chi connectivity index (χ3n) is 3.74. The molecule has 22 heavy (non-hydrogen) atoms. The van der Waals surface area contributed by atoms with E-state index in [1.165, 1.54) is 11.1 Å². The Labute approximate surface area is 131 Å². The molecule has 0 fully saturated rings. The van der Waals surface area contributed by atoms with Crippen molar-refractivity contribution >= 4 is 18.0 Å². The van der Waals surface area contributed by atoms with Crippen molar-refractivity contribution in [1.82, 2.24) is 4.90 Å². The van der Waals surface area contributed by atoms with E-state index in [0.29, 0.717) is 18.0 Å². The van der Waals surface area contributed by atoms with Crippen molar-refractivity contribution in [2.75, 3.05) is 13.1 Å². The number of carbonyl (C=O) groups is 2. The summed E-state index contributed by atoms with van der Waals surface area (Å²) in [6, 6.07) is 5.77. The van der Waals surface area contributed by atoms with Gasteiger partial charge in [0.1, 0.15) is 0 Å². The van der Waals surface area contributed by atoms with Crippen LogP contribution in [0, 0.1) is 5.92 Å². The summed E-state index contributed by atoms with van der Waals surface area (Å²) >= 11 is 0. The molecule has 0 aromatic heterocycles. The van der Waals surface area contributed by atoms with Crippen molar-refractivity contribution < 1.29 is 14.7 Å². The zero-order valence-electron chi connectivity index (χ0n) is 13.2. The number of amides is 1. The van der Waals surface area contributed by atoms with Crippen LogP contribution in [0.5, 0.6) is 0 Å². The Balaban J connectivity index is 2.18. The summed E-state index contributed by atoms with van der Waals surface area (Å²) in [4.78, 5) is 25.1. The average Bonchev–Trinajstić information content (AvgIpc) is 2.49. The second kappa shape index (κ2) is 7.25. The van der Waals surface area contributed by atoms with Gasteiger partial charge in [0.25, 0.3) is 5.91 Å². The van der Waals surface area contributed by atoms with Crippen LogP contribution in [0.2, 0.25) is 0 Å². The van der Waals surface area contributed by atoms with Gasteiger partial charge in [0.2, 0.25) is 0 Å². The van der Waals surface area contributed by atoms with E-state index in [-0.39, 0.29) is 18.9 Å². The molecule has 1 aromatic carbocycles. The van der Waals surface area contributed by atoms with Gasteiger partial charge in [0, 0.05) is 18.7 Å². The van der Waals surface area contributed by atoms with Crippen LogP contribution in [0.25, 0.3) is 6.08 Å². The summed E-state index contributed by atoms with van der Waals surface area (Å²) in [7, 11) is 0. The first-order valence-electron chi connectivity index (χ1n) is 7.78. The predicted molar refractivity (Wildman–Crippen MR) is 86.8 cm³/mol. The highest BCUT2D eigenvalue weighted by atomic mass is 16.4. The standard InChI is InChI=1S/C18H23NO3/c1-13(2)12-19(10-9-17(20)21)18(22)16-8-7-14-5-3-4-6-15(14)11-16/h3,5,7-8,11,13H,4,6,9-10,12H2,1-2H3,(H,20,21). The smallest absolute Gasteiger partial charge is 0.305 e. The number of hydrogen-bond donors (Lipinski definition) is 1. The molecule has 4 nitrogen and oxygen atoms in total.